The minimum Gasteiger partial charge on any atom is -0.316 e. The molecule has 3 heteroatoms. The van der Waals surface area contributed by atoms with Crippen LogP contribution in [0.3, 0.4) is 0 Å². The van der Waals surface area contributed by atoms with Crippen molar-refractivity contribution in [1.82, 2.24) is 9.03 Å². The zero-order valence-corrected chi connectivity index (χ0v) is 7.40. The Morgan fingerprint density at radius 3 is 3.09 bits per heavy atom. The summed E-state index contributed by atoms with van der Waals surface area (Å²) in [6.07, 6.45) is 6.35. The summed E-state index contributed by atoms with van der Waals surface area (Å²) >= 11 is 1.61. The van der Waals surface area contributed by atoms with Gasteiger partial charge in [0.25, 0.3) is 0 Å². The maximum atomic E-state index is 3.11. The van der Waals surface area contributed by atoms with Gasteiger partial charge in [0.2, 0.25) is 0 Å². The van der Waals surface area contributed by atoms with Crippen molar-refractivity contribution < 1.29 is 0 Å². The molecule has 58 valence electrons. The molecule has 2 heterocycles. The Labute approximate surface area is 70.9 Å². The molecule has 0 fully saturated rings. The van der Waals surface area contributed by atoms with Crippen molar-refractivity contribution in [2.24, 2.45) is 0 Å². The molecule has 0 atom stereocenters. The highest BCUT2D eigenvalue weighted by Crippen LogP contribution is 2.31. The van der Waals surface area contributed by atoms with Crippen molar-refractivity contribution in [3.8, 4) is 0 Å². The van der Waals surface area contributed by atoms with Gasteiger partial charge in [-0.1, -0.05) is 6.08 Å². The lowest BCUT2D eigenvalue weighted by atomic mass is 10.1. The molecule has 0 saturated carbocycles. The summed E-state index contributed by atoms with van der Waals surface area (Å²) in [5.41, 5.74) is 3.89. The highest BCUT2D eigenvalue weighted by Gasteiger charge is 2.18. The molecular formula is C8H10N2S. The summed E-state index contributed by atoms with van der Waals surface area (Å²) in [6, 6.07) is 0. The van der Waals surface area contributed by atoms with Crippen molar-refractivity contribution in [1.29, 1.82) is 0 Å². The zero-order valence-electron chi connectivity index (χ0n) is 6.59. The quantitative estimate of drug-likeness (QED) is 0.555. The van der Waals surface area contributed by atoms with E-state index in [9.17, 15) is 0 Å². The van der Waals surface area contributed by atoms with Gasteiger partial charge in [-0.3, -0.25) is 4.31 Å². The number of hydrogen-bond donors (Lipinski definition) is 1. The number of nitrogens with zero attached hydrogens (tertiary/aromatic N) is 1. The average molecular weight is 166 g/mol. The Bertz CT molecular complexity index is 276. The normalized spacial score (nSPS) is 21.6. The Morgan fingerprint density at radius 2 is 2.27 bits per heavy atom. The Balaban J connectivity index is 2.40. The Hall–Kier alpha value is -0.830. The molecule has 1 N–H and O–H groups in total. The molecule has 0 radical (unpaired) electrons. The minimum absolute atomic E-state index is 1.26. The van der Waals surface area contributed by atoms with E-state index in [1.54, 1.807) is 12.1 Å². The first-order valence-electron chi connectivity index (χ1n) is 3.56. The standard InChI is InChI=1S/C8H10N2S/c1-6-3-7(2)8-4-9-11-10(8)5-6/h3-5,9H,1-2H3. The van der Waals surface area contributed by atoms with Crippen LogP contribution in [-0.4, -0.2) is 4.31 Å². The molecule has 2 aliphatic rings. The van der Waals surface area contributed by atoms with E-state index in [0.717, 1.165) is 0 Å². The molecule has 0 bridgehead atoms. The van der Waals surface area contributed by atoms with Crippen molar-refractivity contribution in [2.75, 3.05) is 0 Å². The number of rotatable bonds is 0. The second-order valence-electron chi connectivity index (χ2n) is 2.76. The van der Waals surface area contributed by atoms with Gasteiger partial charge >= 0.3 is 0 Å². The van der Waals surface area contributed by atoms with Gasteiger partial charge in [0.15, 0.2) is 0 Å². The maximum Gasteiger partial charge on any atom is 0.0730 e. The molecule has 0 spiro atoms. The summed E-state index contributed by atoms with van der Waals surface area (Å²) in [7, 11) is 0. The number of nitrogens with one attached hydrogen (secondary N) is 1. The van der Waals surface area contributed by atoms with Crippen molar-refractivity contribution in [3.63, 3.8) is 0 Å². The first kappa shape index (κ1) is 6.85. The lowest BCUT2D eigenvalue weighted by molar-refractivity contribution is 0.774. The molecule has 0 aliphatic carbocycles. The van der Waals surface area contributed by atoms with Crippen molar-refractivity contribution in [2.45, 2.75) is 13.8 Å². The number of hydrogen-bond acceptors (Lipinski definition) is 3. The van der Waals surface area contributed by atoms with Crippen LogP contribution in [0.25, 0.3) is 0 Å². The van der Waals surface area contributed by atoms with Crippen LogP contribution in [0.15, 0.2) is 35.3 Å². The predicted molar refractivity (Wildman–Crippen MR) is 48.2 cm³/mol. The molecule has 2 aliphatic heterocycles. The SMILES string of the molecule is CC1=CN2SNC=C2C(C)=C1. The number of fused-ring (bicyclic) bond motifs is 1. The van der Waals surface area contributed by atoms with Crippen LogP contribution in [-0.2, 0) is 0 Å². The van der Waals surface area contributed by atoms with E-state index in [1.165, 1.54) is 16.8 Å². The van der Waals surface area contributed by atoms with Gasteiger partial charge in [0.05, 0.1) is 17.8 Å². The van der Waals surface area contributed by atoms with Gasteiger partial charge in [-0.25, -0.2) is 0 Å². The molecule has 0 unspecified atom stereocenters. The fourth-order valence-electron chi connectivity index (χ4n) is 1.27. The molecule has 0 aromatic rings. The minimum atomic E-state index is 1.26. The molecule has 11 heavy (non-hydrogen) atoms. The molecule has 0 aromatic heterocycles. The van der Waals surface area contributed by atoms with Gasteiger partial charge in [0, 0.05) is 12.4 Å². The summed E-state index contributed by atoms with van der Waals surface area (Å²) < 4.78 is 5.25. The van der Waals surface area contributed by atoms with E-state index < -0.39 is 0 Å². The second kappa shape index (κ2) is 2.34. The van der Waals surface area contributed by atoms with Crippen LogP contribution < -0.4 is 4.72 Å². The van der Waals surface area contributed by atoms with Gasteiger partial charge < -0.3 is 4.72 Å². The third-order valence-corrected chi connectivity index (χ3v) is 2.48. The smallest absolute Gasteiger partial charge is 0.0730 e. The monoisotopic (exact) mass is 166 g/mol. The van der Waals surface area contributed by atoms with Crippen LogP contribution in [0.4, 0.5) is 0 Å². The summed E-state index contributed by atoms with van der Waals surface area (Å²) in [4.78, 5) is 0. The summed E-state index contributed by atoms with van der Waals surface area (Å²) in [5, 5.41) is 0. The Morgan fingerprint density at radius 1 is 1.45 bits per heavy atom. The second-order valence-corrected chi connectivity index (χ2v) is 3.58. The Kier molecular flexibility index (Phi) is 1.46. The largest absolute Gasteiger partial charge is 0.316 e. The van der Waals surface area contributed by atoms with Crippen LogP contribution in [0.2, 0.25) is 0 Å². The fourth-order valence-corrected chi connectivity index (χ4v) is 2.06. The molecule has 0 amide bonds. The average Bonchev–Trinajstić information content (AvgIpc) is 2.34. The van der Waals surface area contributed by atoms with Crippen LogP contribution in [0, 0.1) is 0 Å². The molecular weight excluding hydrogens is 156 g/mol. The van der Waals surface area contributed by atoms with Gasteiger partial charge in [-0.2, -0.15) is 0 Å². The van der Waals surface area contributed by atoms with E-state index in [1.807, 2.05) is 6.20 Å². The fraction of sp³-hybridized carbons (Fsp3) is 0.250. The van der Waals surface area contributed by atoms with Crippen molar-refractivity contribution in [3.05, 3.63) is 35.3 Å². The van der Waals surface area contributed by atoms with E-state index in [0.29, 0.717) is 0 Å². The summed E-state index contributed by atoms with van der Waals surface area (Å²) in [5.74, 6) is 0. The predicted octanol–water partition coefficient (Wildman–Crippen LogP) is 2.16. The highest BCUT2D eigenvalue weighted by atomic mass is 32.2. The van der Waals surface area contributed by atoms with Gasteiger partial charge in [0.1, 0.15) is 0 Å². The van der Waals surface area contributed by atoms with E-state index in [-0.39, 0.29) is 0 Å². The maximum absolute atomic E-state index is 3.11. The van der Waals surface area contributed by atoms with Crippen LogP contribution in [0.1, 0.15) is 13.8 Å². The lowest BCUT2D eigenvalue weighted by Crippen LogP contribution is -2.09. The zero-order chi connectivity index (χ0) is 7.84. The molecule has 2 rings (SSSR count). The third-order valence-electron chi connectivity index (χ3n) is 1.75. The summed E-state index contributed by atoms with van der Waals surface area (Å²) in [6.45, 7) is 4.24. The van der Waals surface area contributed by atoms with E-state index >= 15 is 0 Å². The molecule has 2 nitrogen and oxygen atoms in total. The van der Waals surface area contributed by atoms with E-state index in [4.69, 9.17) is 0 Å². The third kappa shape index (κ3) is 1.05. The van der Waals surface area contributed by atoms with Crippen LogP contribution >= 0.6 is 12.1 Å². The van der Waals surface area contributed by atoms with Crippen molar-refractivity contribution >= 4 is 12.1 Å². The topological polar surface area (TPSA) is 15.3 Å². The van der Waals surface area contributed by atoms with E-state index in [2.05, 4.69) is 35.2 Å². The lowest BCUT2D eigenvalue weighted by Gasteiger charge is -2.19. The van der Waals surface area contributed by atoms with Gasteiger partial charge in [-0.05, 0) is 25.0 Å². The highest BCUT2D eigenvalue weighted by molar-refractivity contribution is 7.95. The molecule has 0 aromatic carbocycles. The molecule has 0 saturated heterocycles. The first-order chi connectivity index (χ1) is 5.27. The number of allylic oxidation sites excluding steroid dienone is 3. The first-order valence-corrected chi connectivity index (χ1v) is 4.34. The van der Waals surface area contributed by atoms with Gasteiger partial charge in [-0.15, -0.1) is 0 Å². The van der Waals surface area contributed by atoms with Crippen LogP contribution in [0.5, 0.6) is 0 Å².